The lowest BCUT2D eigenvalue weighted by Gasteiger charge is -2.25. The first-order chi connectivity index (χ1) is 5.95. The molecule has 0 amide bonds. The van der Waals surface area contributed by atoms with Crippen LogP contribution in [0.3, 0.4) is 0 Å². The van der Waals surface area contributed by atoms with Crippen LogP contribution in [0.25, 0.3) is 0 Å². The highest BCUT2D eigenvalue weighted by molar-refractivity contribution is 5.03. The molecule has 0 bridgehead atoms. The molecule has 12 heavy (non-hydrogen) atoms. The summed E-state index contributed by atoms with van der Waals surface area (Å²) in [6.45, 7) is 1.90. The number of pyridine rings is 1. The molecule has 0 atom stereocenters. The van der Waals surface area contributed by atoms with Crippen LogP contribution in [0, 0.1) is 5.92 Å². The van der Waals surface area contributed by atoms with Crippen molar-refractivity contribution in [1.82, 2.24) is 4.98 Å². The highest BCUT2D eigenvalue weighted by Gasteiger charge is 2.17. The lowest BCUT2D eigenvalue weighted by atomic mass is 10.0. The Kier molecular flexibility index (Phi) is 2.37. The van der Waals surface area contributed by atoms with E-state index < -0.39 is 0 Å². The monoisotopic (exact) mass is 163 g/mol. The van der Waals surface area contributed by atoms with Crippen LogP contribution >= 0.6 is 0 Å². The molecule has 1 fully saturated rings. The molecule has 64 valence electrons. The van der Waals surface area contributed by atoms with Gasteiger partial charge in [-0.1, -0.05) is 6.07 Å². The van der Waals surface area contributed by atoms with E-state index >= 15 is 0 Å². The van der Waals surface area contributed by atoms with Crippen molar-refractivity contribution in [2.24, 2.45) is 5.92 Å². The molecule has 1 aliphatic heterocycles. The van der Waals surface area contributed by atoms with Gasteiger partial charge in [-0.2, -0.15) is 0 Å². The second kappa shape index (κ2) is 3.68. The second-order valence-electron chi connectivity index (χ2n) is 3.26. The molecule has 2 heterocycles. The summed E-state index contributed by atoms with van der Waals surface area (Å²) in [7, 11) is 0. The van der Waals surface area contributed by atoms with E-state index in [-0.39, 0.29) is 0 Å². The van der Waals surface area contributed by atoms with Crippen molar-refractivity contribution in [2.75, 3.05) is 13.2 Å². The maximum atomic E-state index is 5.10. The number of aryl methyl sites for hydroxylation is 1. The van der Waals surface area contributed by atoms with Crippen LogP contribution in [0.4, 0.5) is 0 Å². The summed E-state index contributed by atoms with van der Waals surface area (Å²) < 4.78 is 5.10. The van der Waals surface area contributed by atoms with E-state index in [2.05, 4.69) is 11.1 Å². The Morgan fingerprint density at radius 2 is 2.33 bits per heavy atom. The van der Waals surface area contributed by atoms with Crippen molar-refractivity contribution in [2.45, 2.75) is 12.8 Å². The maximum Gasteiger partial charge on any atom is 0.0516 e. The van der Waals surface area contributed by atoms with E-state index in [1.807, 2.05) is 18.3 Å². The Balaban J connectivity index is 1.79. The first-order valence-corrected chi connectivity index (χ1v) is 4.43. The zero-order valence-corrected chi connectivity index (χ0v) is 7.07. The number of nitrogens with zero attached hydrogens (tertiary/aromatic N) is 1. The second-order valence-corrected chi connectivity index (χ2v) is 3.26. The summed E-state index contributed by atoms with van der Waals surface area (Å²) in [5.74, 6) is 0.784. The normalized spacial score (nSPS) is 17.3. The van der Waals surface area contributed by atoms with E-state index in [4.69, 9.17) is 4.74 Å². The molecule has 0 saturated carbocycles. The number of ether oxygens (including phenoxy) is 1. The average molecular weight is 163 g/mol. The van der Waals surface area contributed by atoms with Crippen molar-refractivity contribution in [1.29, 1.82) is 0 Å². The van der Waals surface area contributed by atoms with Gasteiger partial charge in [0.05, 0.1) is 13.2 Å². The predicted octanol–water partition coefficient (Wildman–Crippen LogP) is 1.66. The van der Waals surface area contributed by atoms with Gasteiger partial charge in [0.15, 0.2) is 0 Å². The molecule has 0 radical (unpaired) electrons. The van der Waals surface area contributed by atoms with Gasteiger partial charge in [0.25, 0.3) is 0 Å². The largest absolute Gasteiger partial charge is 0.381 e. The van der Waals surface area contributed by atoms with Crippen molar-refractivity contribution >= 4 is 0 Å². The fourth-order valence-corrected chi connectivity index (χ4v) is 1.35. The molecular weight excluding hydrogens is 150 g/mol. The fraction of sp³-hybridized carbons (Fsp3) is 0.500. The van der Waals surface area contributed by atoms with Crippen LogP contribution in [0.15, 0.2) is 24.4 Å². The summed E-state index contributed by atoms with van der Waals surface area (Å²) in [4.78, 5) is 4.27. The van der Waals surface area contributed by atoms with Crippen molar-refractivity contribution < 1.29 is 4.74 Å². The van der Waals surface area contributed by atoms with Crippen molar-refractivity contribution in [3.8, 4) is 0 Å². The quantitative estimate of drug-likeness (QED) is 0.676. The SMILES string of the molecule is c1ccc(CCC2COC2)nc1. The molecule has 2 heteroatoms. The Bertz CT molecular complexity index is 231. The van der Waals surface area contributed by atoms with Gasteiger partial charge in [-0.05, 0) is 25.0 Å². The zero-order valence-electron chi connectivity index (χ0n) is 7.07. The summed E-state index contributed by atoms with van der Waals surface area (Å²) in [5.41, 5.74) is 1.20. The van der Waals surface area contributed by atoms with Gasteiger partial charge >= 0.3 is 0 Å². The van der Waals surface area contributed by atoms with Gasteiger partial charge in [-0.15, -0.1) is 0 Å². The highest BCUT2D eigenvalue weighted by Crippen LogP contribution is 2.16. The molecule has 1 aliphatic rings. The van der Waals surface area contributed by atoms with E-state index in [1.54, 1.807) is 0 Å². The fourth-order valence-electron chi connectivity index (χ4n) is 1.35. The average Bonchev–Trinajstić information content (AvgIpc) is 2.04. The van der Waals surface area contributed by atoms with E-state index in [1.165, 1.54) is 12.1 Å². The molecule has 1 saturated heterocycles. The first-order valence-electron chi connectivity index (χ1n) is 4.43. The molecule has 0 spiro atoms. The molecule has 2 nitrogen and oxygen atoms in total. The van der Waals surface area contributed by atoms with Crippen molar-refractivity contribution in [3.05, 3.63) is 30.1 Å². The Labute approximate surface area is 72.6 Å². The minimum atomic E-state index is 0.784. The van der Waals surface area contributed by atoms with Crippen molar-refractivity contribution in [3.63, 3.8) is 0 Å². The number of aromatic nitrogens is 1. The number of hydrogen-bond donors (Lipinski definition) is 0. The van der Waals surface area contributed by atoms with Crippen LogP contribution in [0.2, 0.25) is 0 Å². The standard InChI is InChI=1S/C10H13NO/c1-2-6-11-10(3-1)5-4-9-7-12-8-9/h1-3,6,9H,4-5,7-8H2. The van der Waals surface area contributed by atoms with Crippen LogP contribution in [0.1, 0.15) is 12.1 Å². The van der Waals surface area contributed by atoms with Gasteiger partial charge in [-0.3, -0.25) is 4.98 Å². The lowest BCUT2D eigenvalue weighted by Crippen LogP contribution is -2.27. The zero-order chi connectivity index (χ0) is 8.23. The van der Waals surface area contributed by atoms with E-state index in [0.29, 0.717) is 0 Å². The minimum absolute atomic E-state index is 0.784. The number of hydrogen-bond acceptors (Lipinski definition) is 2. The van der Waals surface area contributed by atoms with Gasteiger partial charge in [0.1, 0.15) is 0 Å². The molecule has 1 aromatic rings. The molecule has 2 rings (SSSR count). The van der Waals surface area contributed by atoms with Crippen LogP contribution in [-0.4, -0.2) is 18.2 Å². The third-order valence-electron chi connectivity index (χ3n) is 2.24. The Morgan fingerprint density at radius 3 is 2.92 bits per heavy atom. The molecule has 0 N–H and O–H groups in total. The van der Waals surface area contributed by atoms with Crippen LogP contribution < -0.4 is 0 Å². The maximum absolute atomic E-state index is 5.10. The first kappa shape index (κ1) is 7.74. The van der Waals surface area contributed by atoms with Gasteiger partial charge in [0.2, 0.25) is 0 Å². The molecule has 1 aromatic heterocycles. The topological polar surface area (TPSA) is 22.1 Å². The summed E-state index contributed by atoms with van der Waals surface area (Å²) in [5, 5.41) is 0. The van der Waals surface area contributed by atoms with Crippen LogP contribution in [-0.2, 0) is 11.2 Å². The Morgan fingerprint density at radius 1 is 1.42 bits per heavy atom. The number of rotatable bonds is 3. The third kappa shape index (κ3) is 1.83. The summed E-state index contributed by atoms with van der Waals surface area (Å²) >= 11 is 0. The highest BCUT2D eigenvalue weighted by atomic mass is 16.5. The Hall–Kier alpha value is -0.890. The van der Waals surface area contributed by atoms with Gasteiger partial charge in [-0.25, -0.2) is 0 Å². The summed E-state index contributed by atoms with van der Waals surface area (Å²) in [6, 6.07) is 6.08. The minimum Gasteiger partial charge on any atom is -0.381 e. The molecule has 0 aliphatic carbocycles. The molecular formula is C10H13NO. The predicted molar refractivity (Wildman–Crippen MR) is 46.9 cm³/mol. The van der Waals surface area contributed by atoms with E-state index in [0.717, 1.165) is 25.6 Å². The van der Waals surface area contributed by atoms with Crippen LogP contribution in [0.5, 0.6) is 0 Å². The van der Waals surface area contributed by atoms with Gasteiger partial charge in [0, 0.05) is 17.8 Å². The molecule has 0 aromatic carbocycles. The lowest BCUT2D eigenvalue weighted by molar-refractivity contribution is -0.0353. The van der Waals surface area contributed by atoms with Gasteiger partial charge < -0.3 is 4.74 Å². The van der Waals surface area contributed by atoms with E-state index in [9.17, 15) is 0 Å². The summed E-state index contributed by atoms with van der Waals surface area (Å²) in [6.07, 6.45) is 4.17. The molecule has 0 unspecified atom stereocenters. The third-order valence-corrected chi connectivity index (χ3v) is 2.24. The smallest absolute Gasteiger partial charge is 0.0516 e.